The lowest BCUT2D eigenvalue weighted by molar-refractivity contribution is -0.168. The molecule has 0 amide bonds. The lowest BCUT2D eigenvalue weighted by Gasteiger charge is -2.61. The Hall–Kier alpha value is -1.02. The molecular formula is C21H33IN4O. The molecule has 3 atom stereocenters. The van der Waals surface area contributed by atoms with Gasteiger partial charge in [-0.2, -0.15) is 0 Å². The fourth-order valence-electron chi connectivity index (χ4n) is 4.92. The Morgan fingerprint density at radius 3 is 2.67 bits per heavy atom. The second-order valence-electron chi connectivity index (χ2n) is 7.95. The molecule has 1 aromatic rings. The van der Waals surface area contributed by atoms with Crippen LogP contribution in [0.2, 0.25) is 0 Å². The van der Waals surface area contributed by atoms with Crippen LogP contribution in [0.15, 0.2) is 35.3 Å². The zero-order valence-electron chi connectivity index (χ0n) is 16.5. The standard InChI is InChI=1S/C21H32N4O.HI/c1-3-26-19-14-18(21(19)11-7-12-21)24-20(22-2)23-16-10-13-25(15-16)17-8-5-4-6-9-17;/h4-6,8-9,16,18-19H,3,7,10-15H2,1-2H3,(H2,22,23,24);1H. The van der Waals surface area contributed by atoms with E-state index in [9.17, 15) is 0 Å². The maximum Gasteiger partial charge on any atom is 0.191 e. The average molecular weight is 484 g/mol. The number of guanidine groups is 1. The Morgan fingerprint density at radius 1 is 1.26 bits per heavy atom. The van der Waals surface area contributed by atoms with Crippen LogP contribution in [0, 0.1) is 5.41 Å². The Labute approximate surface area is 180 Å². The first-order chi connectivity index (χ1) is 12.7. The van der Waals surface area contributed by atoms with Crippen molar-refractivity contribution in [3.8, 4) is 0 Å². The lowest BCUT2D eigenvalue weighted by atomic mass is 9.51. The molecule has 1 aliphatic heterocycles. The third-order valence-electron chi connectivity index (χ3n) is 6.62. The van der Waals surface area contributed by atoms with Crippen molar-refractivity contribution in [3.05, 3.63) is 30.3 Å². The predicted molar refractivity (Wildman–Crippen MR) is 122 cm³/mol. The highest BCUT2D eigenvalue weighted by molar-refractivity contribution is 14.0. The minimum atomic E-state index is 0. The largest absolute Gasteiger partial charge is 0.378 e. The fraction of sp³-hybridized carbons (Fsp3) is 0.667. The highest BCUT2D eigenvalue weighted by atomic mass is 127. The van der Waals surface area contributed by atoms with E-state index >= 15 is 0 Å². The van der Waals surface area contributed by atoms with E-state index in [0.29, 0.717) is 23.6 Å². The maximum absolute atomic E-state index is 5.97. The summed E-state index contributed by atoms with van der Waals surface area (Å²) in [5.74, 6) is 0.955. The number of hydrogen-bond donors (Lipinski definition) is 2. The Bertz CT molecular complexity index is 634. The van der Waals surface area contributed by atoms with Gasteiger partial charge in [0.2, 0.25) is 0 Å². The first-order valence-electron chi connectivity index (χ1n) is 10.2. The summed E-state index contributed by atoms with van der Waals surface area (Å²) in [5.41, 5.74) is 1.67. The van der Waals surface area contributed by atoms with Gasteiger partial charge < -0.3 is 20.3 Å². The predicted octanol–water partition coefficient (Wildman–Crippen LogP) is 3.40. The van der Waals surface area contributed by atoms with Crippen molar-refractivity contribution < 1.29 is 4.74 Å². The van der Waals surface area contributed by atoms with Gasteiger partial charge in [0.1, 0.15) is 0 Å². The number of anilines is 1. The molecule has 0 aromatic heterocycles. The summed E-state index contributed by atoms with van der Waals surface area (Å²) >= 11 is 0. The quantitative estimate of drug-likeness (QED) is 0.382. The number of ether oxygens (including phenoxy) is 1. The molecule has 3 aliphatic rings. The van der Waals surface area contributed by atoms with Crippen molar-refractivity contribution in [2.75, 3.05) is 31.6 Å². The van der Waals surface area contributed by atoms with Crippen molar-refractivity contribution in [2.24, 2.45) is 10.4 Å². The summed E-state index contributed by atoms with van der Waals surface area (Å²) in [6.07, 6.45) is 6.61. The number of hydrogen-bond acceptors (Lipinski definition) is 3. The van der Waals surface area contributed by atoms with Gasteiger partial charge in [-0.1, -0.05) is 24.6 Å². The fourth-order valence-corrected chi connectivity index (χ4v) is 4.92. The first-order valence-corrected chi connectivity index (χ1v) is 10.2. The third-order valence-corrected chi connectivity index (χ3v) is 6.62. The maximum atomic E-state index is 5.97. The molecule has 2 N–H and O–H groups in total. The van der Waals surface area contributed by atoms with Crippen molar-refractivity contribution in [1.29, 1.82) is 0 Å². The minimum Gasteiger partial charge on any atom is -0.378 e. The Balaban J connectivity index is 0.00000210. The van der Waals surface area contributed by atoms with Gasteiger partial charge in [0, 0.05) is 49.9 Å². The van der Waals surface area contributed by atoms with Gasteiger partial charge >= 0.3 is 0 Å². The van der Waals surface area contributed by atoms with E-state index in [2.05, 4.69) is 57.8 Å². The van der Waals surface area contributed by atoms with Gasteiger partial charge in [0.15, 0.2) is 5.96 Å². The average Bonchev–Trinajstić information content (AvgIpc) is 3.07. The molecule has 1 aromatic carbocycles. The van der Waals surface area contributed by atoms with E-state index in [4.69, 9.17) is 4.74 Å². The smallest absolute Gasteiger partial charge is 0.191 e. The first kappa shape index (κ1) is 20.7. The molecule has 1 heterocycles. The zero-order chi connectivity index (χ0) is 18.0. The number of benzene rings is 1. The summed E-state index contributed by atoms with van der Waals surface area (Å²) in [5, 5.41) is 7.36. The number of para-hydroxylation sites is 1. The van der Waals surface area contributed by atoms with Crippen LogP contribution in [-0.2, 0) is 4.74 Å². The molecule has 4 rings (SSSR count). The number of nitrogens with one attached hydrogen (secondary N) is 2. The van der Waals surface area contributed by atoms with E-state index in [1.807, 2.05) is 7.05 Å². The summed E-state index contributed by atoms with van der Waals surface area (Å²) < 4.78 is 5.97. The van der Waals surface area contributed by atoms with E-state index in [1.165, 1.54) is 24.9 Å². The molecule has 0 bridgehead atoms. The number of aliphatic imine (C=N–C) groups is 1. The number of nitrogens with zero attached hydrogens (tertiary/aromatic N) is 2. The molecule has 0 radical (unpaired) electrons. The molecule has 3 unspecified atom stereocenters. The van der Waals surface area contributed by atoms with E-state index in [0.717, 1.165) is 38.5 Å². The van der Waals surface area contributed by atoms with Crippen LogP contribution >= 0.6 is 24.0 Å². The summed E-state index contributed by atoms with van der Waals surface area (Å²) in [6.45, 7) is 5.05. The van der Waals surface area contributed by atoms with Gasteiger partial charge in [0.25, 0.3) is 0 Å². The highest BCUT2D eigenvalue weighted by Crippen LogP contribution is 2.57. The van der Waals surface area contributed by atoms with Gasteiger partial charge in [-0.25, -0.2) is 0 Å². The molecule has 3 fully saturated rings. The van der Waals surface area contributed by atoms with Crippen molar-refractivity contribution >= 4 is 35.6 Å². The molecule has 2 aliphatic carbocycles. The Kier molecular flexibility index (Phi) is 6.89. The molecule has 2 saturated carbocycles. The third kappa shape index (κ3) is 4.06. The van der Waals surface area contributed by atoms with Crippen molar-refractivity contribution in [2.45, 2.75) is 57.2 Å². The summed E-state index contributed by atoms with van der Waals surface area (Å²) in [6, 6.07) is 11.6. The molecule has 1 spiro atoms. The molecule has 27 heavy (non-hydrogen) atoms. The second kappa shape index (κ2) is 8.99. The van der Waals surface area contributed by atoms with Crippen LogP contribution in [0.4, 0.5) is 5.69 Å². The van der Waals surface area contributed by atoms with Crippen molar-refractivity contribution in [3.63, 3.8) is 0 Å². The number of halogens is 1. The highest BCUT2D eigenvalue weighted by Gasteiger charge is 2.59. The molecular weight excluding hydrogens is 451 g/mol. The van der Waals surface area contributed by atoms with E-state index < -0.39 is 0 Å². The molecule has 1 saturated heterocycles. The summed E-state index contributed by atoms with van der Waals surface area (Å²) in [7, 11) is 1.88. The summed E-state index contributed by atoms with van der Waals surface area (Å²) in [4.78, 5) is 6.95. The monoisotopic (exact) mass is 484 g/mol. The zero-order valence-corrected chi connectivity index (χ0v) is 18.8. The Morgan fingerprint density at radius 2 is 2.04 bits per heavy atom. The lowest BCUT2D eigenvalue weighted by Crippen LogP contribution is -2.69. The van der Waals surface area contributed by atoms with E-state index in [-0.39, 0.29) is 24.0 Å². The van der Waals surface area contributed by atoms with Crippen LogP contribution < -0.4 is 15.5 Å². The van der Waals surface area contributed by atoms with Gasteiger partial charge in [0.05, 0.1) is 6.10 Å². The topological polar surface area (TPSA) is 48.9 Å². The van der Waals surface area contributed by atoms with Crippen LogP contribution in [0.5, 0.6) is 0 Å². The van der Waals surface area contributed by atoms with E-state index in [1.54, 1.807) is 0 Å². The number of rotatable bonds is 5. The molecule has 6 heteroatoms. The molecule has 150 valence electrons. The van der Waals surface area contributed by atoms with Crippen LogP contribution in [0.1, 0.15) is 39.0 Å². The van der Waals surface area contributed by atoms with Gasteiger partial charge in [-0.3, -0.25) is 4.99 Å². The van der Waals surface area contributed by atoms with Crippen LogP contribution in [-0.4, -0.2) is 50.9 Å². The van der Waals surface area contributed by atoms with Crippen LogP contribution in [0.3, 0.4) is 0 Å². The van der Waals surface area contributed by atoms with Gasteiger partial charge in [-0.15, -0.1) is 24.0 Å². The SMILES string of the molecule is CCOC1CC(NC(=NC)NC2CCN(c3ccccc3)C2)C12CCC2.I. The van der Waals surface area contributed by atoms with Crippen LogP contribution in [0.25, 0.3) is 0 Å². The minimum absolute atomic E-state index is 0. The van der Waals surface area contributed by atoms with Crippen molar-refractivity contribution in [1.82, 2.24) is 10.6 Å². The normalized spacial score (nSPS) is 28.9. The second-order valence-corrected chi connectivity index (χ2v) is 7.95. The van der Waals surface area contributed by atoms with Gasteiger partial charge in [-0.05, 0) is 44.7 Å². The molecule has 5 nitrogen and oxygen atoms in total.